The van der Waals surface area contributed by atoms with E-state index in [1.165, 1.54) is 23.5 Å². The van der Waals surface area contributed by atoms with Crippen molar-refractivity contribution in [1.29, 1.82) is 0 Å². The molecule has 0 aliphatic rings. The maximum Gasteiger partial charge on any atom is 0.336 e. The summed E-state index contributed by atoms with van der Waals surface area (Å²) in [7, 11) is 0. The normalized spacial score (nSPS) is 10.9. The van der Waals surface area contributed by atoms with Gasteiger partial charge in [0.1, 0.15) is 16.3 Å². The second-order valence-corrected chi connectivity index (χ2v) is 6.90. The van der Waals surface area contributed by atoms with Gasteiger partial charge in [0.15, 0.2) is 0 Å². The van der Waals surface area contributed by atoms with E-state index in [0.29, 0.717) is 17.0 Å². The van der Waals surface area contributed by atoms with E-state index >= 15 is 0 Å². The molecular weight excluding hydrogens is 358 g/mol. The first-order valence-electron chi connectivity index (χ1n) is 7.39. The Hall–Kier alpha value is -2.77. The van der Waals surface area contributed by atoms with Crippen LogP contribution in [0.3, 0.4) is 0 Å². The summed E-state index contributed by atoms with van der Waals surface area (Å²) >= 11 is 3.10. The molecule has 0 spiro atoms. The zero-order valence-electron chi connectivity index (χ0n) is 12.8. The lowest BCUT2D eigenvalue weighted by Gasteiger charge is -2.04. The van der Waals surface area contributed by atoms with Crippen molar-refractivity contribution in [3.05, 3.63) is 68.7 Å². The van der Waals surface area contributed by atoms with Gasteiger partial charge >= 0.3 is 11.6 Å². The highest BCUT2D eigenvalue weighted by molar-refractivity contribution is 7.14. The minimum absolute atomic E-state index is 0.0808. The summed E-state index contributed by atoms with van der Waals surface area (Å²) in [5, 5.41) is 7.51. The Morgan fingerprint density at radius 2 is 2.04 bits per heavy atom. The molecule has 0 unspecified atom stereocenters. The molecule has 5 nitrogen and oxygen atoms in total. The molecule has 4 rings (SSSR count). The van der Waals surface area contributed by atoms with Crippen molar-refractivity contribution in [3.63, 3.8) is 0 Å². The number of carbonyl (C=O) groups is 1. The molecule has 0 amide bonds. The van der Waals surface area contributed by atoms with Gasteiger partial charge in [0.2, 0.25) is 0 Å². The zero-order chi connectivity index (χ0) is 17.2. The lowest BCUT2D eigenvalue weighted by Crippen LogP contribution is -2.11. The number of esters is 1. The van der Waals surface area contributed by atoms with Gasteiger partial charge in [-0.25, -0.2) is 9.78 Å². The number of hydrogen-bond acceptors (Lipinski definition) is 7. The van der Waals surface area contributed by atoms with E-state index in [1.807, 2.05) is 22.2 Å². The SMILES string of the molecule is O=C(Cc1csc(-c2ccsc2)n1)Oc1ccc2ccc(=O)oc2c1. The van der Waals surface area contributed by atoms with Crippen LogP contribution in [0.1, 0.15) is 5.69 Å². The summed E-state index contributed by atoms with van der Waals surface area (Å²) in [5.41, 5.74) is 1.66. The maximum atomic E-state index is 12.1. The predicted octanol–water partition coefficient (Wildman–Crippen LogP) is 4.13. The average Bonchev–Trinajstić information content (AvgIpc) is 3.25. The summed E-state index contributed by atoms with van der Waals surface area (Å²) in [6, 6.07) is 9.94. The Bertz CT molecular complexity index is 1100. The van der Waals surface area contributed by atoms with Gasteiger partial charge in [-0.2, -0.15) is 11.3 Å². The van der Waals surface area contributed by atoms with E-state index in [9.17, 15) is 9.59 Å². The molecule has 3 heterocycles. The number of ether oxygens (including phenoxy) is 1. The van der Waals surface area contributed by atoms with E-state index in [4.69, 9.17) is 9.15 Å². The monoisotopic (exact) mass is 369 g/mol. The lowest BCUT2D eigenvalue weighted by molar-refractivity contribution is -0.133. The molecule has 3 aromatic heterocycles. The van der Waals surface area contributed by atoms with E-state index in [1.54, 1.807) is 29.5 Å². The molecule has 0 N–H and O–H groups in total. The molecule has 1 aromatic carbocycles. The van der Waals surface area contributed by atoms with Crippen molar-refractivity contribution in [2.75, 3.05) is 0 Å². The van der Waals surface area contributed by atoms with E-state index in [-0.39, 0.29) is 6.42 Å². The van der Waals surface area contributed by atoms with Gasteiger partial charge in [-0.15, -0.1) is 11.3 Å². The largest absolute Gasteiger partial charge is 0.426 e. The van der Waals surface area contributed by atoms with Gasteiger partial charge in [-0.05, 0) is 29.6 Å². The second kappa shape index (κ2) is 6.62. The summed E-state index contributed by atoms with van der Waals surface area (Å²) in [4.78, 5) is 27.9. The highest BCUT2D eigenvalue weighted by Crippen LogP contribution is 2.26. The molecule has 0 bridgehead atoms. The molecule has 0 fully saturated rings. The van der Waals surface area contributed by atoms with Gasteiger partial charge in [-0.1, -0.05) is 0 Å². The number of fused-ring (bicyclic) bond motifs is 1. The molecular formula is C18H11NO4S2. The van der Waals surface area contributed by atoms with Crippen LogP contribution in [0.25, 0.3) is 21.5 Å². The van der Waals surface area contributed by atoms with Crippen LogP contribution in [0.2, 0.25) is 0 Å². The van der Waals surface area contributed by atoms with Crippen LogP contribution in [0.15, 0.2) is 61.8 Å². The highest BCUT2D eigenvalue weighted by Gasteiger charge is 2.12. The van der Waals surface area contributed by atoms with Crippen molar-refractivity contribution in [2.45, 2.75) is 6.42 Å². The molecule has 124 valence electrons. The third-order valence-corrected chi connectivity index (χ3v) is 5.09. The van der Waals surface area contributed by atoms with E-state index in [2.05, 4.69) is 4.98 Å². The minimum Gasteiger partial charge on any atom is -0.426 e. The predicted molar refractivity (Wildman–Crippen MR) is 97.3 cm³/mol. The topological polar surface area (TPSA) is 69.4 Å². The fourth-order valence-corrected chi connectivity index (χ4v) is 3.86. The van der Waals surface area contributed by atoms with Gasteiger partial charge in [0.05, 0.1) is 12.1 Å². The van der Waals surface area contributed by atoms with Gasteiger partial charge in [0.25, 0.3) is 0 Å². The van der Waals surface area contributed by atoms with Crippen LogP contribution in [0, 0.1) is 0 Å². The van der Waals surface area contributed by atoms with Crippen molar-refractivity contribution < 1.29 is 13.9 Å². The zero-order valence-corrected chi connectivity index (χ0v) is 14.4. The molecule has 25 heavy (non-hydrogen) atoms. The Morgan fingerprint density at radius 3 is 2.88 bits per heavy atom. The van der Waals surface area contributed by atoms with Gasteiger partial charge < -0.3 is 9.15 Å². The third kappa shape index (κ3) is 3.52. The standard InChI is InChI=1S/C18H11NO4S2/c20-16-4-2-11-1-3-14(8-15(11)23-16)22-17(21)7-13-10-25-18(19-13)12-5-6-24-9-12/h1-6,8-10H,7H2. The Balaban J connectivity index is 1.48. The minimum atomic E-state index is -0.445. The fraction of sp³-hybridized carbons (Fsp3) is 0.0556. The highest BCUT2D eigenvalue weighted by atomic mass is 32.1. The third-order valence-electron chi connectivity index (χ3n) is 3.47. The Labute approximate surface area is 150 Å². The molecule has 0 aliphatic heterocycles. The van der Waals surface area contributed by atoms with Crippen molar-refractivity contribution in [3.8, 4) is 16.3 Å². The number of nitrogens with zero attached hydrogens (tertiary/aromatic N) is 1. The van der Waals surface area contributed by atoms with Crippen LogP contribution < -0.4 is 10.4 Å². The number of benzene rings is 1. The number of aromatic nitrogens is 1. The number of thiophene rings is 1. The maximum absolute atomic E-state index is 12.1. The molecule has 0 aliphatic carbocycles. The van der Waals surface area contributed by atoms with Crippen molar-refractivity contribution in [1.82, 2.24) is 4.98 Å². The molecule has 4 aromatic rings. The van der Waals surface area contributed by atoms with Crippen LogP contribution in [-0.4, -0.2) is 11.0 Å². The van der Waals surface area contributed by atoms with Crippen LogP contribution >= 0.6 is 22.7 Å². The van der Waals surface area contributed by atoms with E-state index in [0.717, 1.165) is 16.0 Å². The number of carbonyl (C=O) groups excluding carboxylic acids is 1. The van der Waals surface area contributed by atoms with Crippen LogP contribution in [0.4, 0.5) is 0 Å². The fourth-order valence-electron chi connectivity index (χ4n) is 2.33. The number of thiazole rings is 1. The van der Waals surface area contributed by atoms with Crippen molar-refractivity contribution in [2.24, 2.45) is 0 Å². The van der Waals surface area contributed by atoms with Gasteiger partial charge in [-0.3, -0.25) is 4.79 Å². The quantitative estimate of drug-likeness (QED) is 0.307. The molecule has 0 atom stereocenters. The summed E-state index contributed by atoms with van der Waals surface area (Å²) < 4.78 is 10.4. The molecule has 0 saturated carbocycles. The summed E-state index contributed by atoms with van der Waals surface area (Å²) in [6.45, 7) is 0. The van der Waals surface area contributed by atoms with Crippen LogP contribution in [-0.2, 0) is 11.2 Å². The smallest absolute Gasteiger partial charge is 0.336 e. The first-order valence-corrected chi connectivity index (χ1v) is 9.21. The number of hydrogen-bond donors (Lipinski definition) is 0. The Kier molecular flexibility index (Phi) is 4.17. The van der Waals surface area contributed by atoms with Crippen LogP contribution in [0.5, 0.6) is 5.75 Å². The first-order chi connectivity index (χ1) is 12.2. The average molecular weight is 369 g/mol. The second-order valence-electron chi connectivity index (χ2n) is 5.26. The Morgan fingerprint density at radius 1 is 1.16 bits per heavy atom. The molecule has 7 heteroatoms. The first kappa shape index (κ1) is 15.7. The van der Waals surface area contributed by atoms with E-state index < -0.39 is 11.6 Å². The summed E-state index contributed by atoms with van der Waals surface area (Å²) in [6.07, 6.45) is 0.0808. The lowest BCUT2D eigenvalue weighted by atomic mass is 10.2. The van der Waals surface area contributed by atoms with Gasteiger partial charge in [0, 0.05) is 33.8 Å². The summed E-state index contributed by atoms with van der Waals surface area (Å²) in [5.74, 6) is -0.0834. The molecule has 0 radical (unpaired) electrons. The molecule has 0 saturated heterocycles. The number of rotatable bonds is 4. The van der Waals surface area contributed by atoms with Crippen molar-refractivity contribution >= 4 is 39.6 Å².